The molecule has 30 heavy (non-hydrogen) atoms. The zero-order valence-electron chi connectivity index (χ0n) is 16.4. The third kappa shape index (κ3) is 3.85. The predicted molar refractivity (Wildman–Crippen MR) is 122 cm³/mol. The lowest BCUT2D eigenvalue weighted by Crippen LogP contribution is -2.28. The largest absolute Gasteiger partial charge is 0.372 e. The average Bonchev–Trinajstić information content (AvgIpc) is 3.54. The summed E-state index contributed by atoms with van der Waals surface area (Å²) in [4.78, 5) is 35.0. The predicted octanol–water partition coefficient (Wildman–Crippen LogP) is 4.46. The summed E-state index contributed by atoms with van der Waals surface area (Å²) >= 11 is 3.02. The second-order valence-corrected chi connectivity index (χ2v) is 9.43. The highest BCUT2D eigenvalue weighted by Crippen LogP contribution is 2.31. The third-order valence-corrected chi connectivity index (χ3v) is 7.29. The first kappa shape index (κ1) is 19.3. The first-order chi connectivity index (χ1) is 14.7. The molecule has 2 aliphatic heterocycles. The van der Waals surface area contributed by atoms with Gasteiger partial charge in [0.05, 0.1) is 16.5 Å². The van der Waals surface area contributed by atoms with Gasteiger partial charge in [0.2, 0.25) is 11.8 Å². The van der Waals surface area contributed by atoms with Crippen LogP contribution in [0.3, 0.4) is 0 Å². The van der Waals surface area contributed by atoms with Gasteiger partial charge in [0.25, 0.3) is 0 Å². The van der Waals surface area contributed by atoms with Gasteiger partial charge in [-0.3, -0.25) is 9.59 Å². The fraction of sp³-hybridized carbons (Fsp3) is 0.318. The van der Waals surface area contributed by atoms with Crippen molar-refractivity contribution in [2.45, 2.75) is 19.3 Å². The number of benzene rings is 1. The molecule has 5 rings (SSSR count). The van der Waals surface area contributed by atoms with E-state index in [1.165, 1.54) is 29.9 Å². The van der Waals surface area contributed by atoms with Crippen molar-refractivity contribution in [3.63, 3.8) is 0 Å². The van der Waals surface area contributed by atoms with Crippen LogP contribution in [0.5, 0.6) is 0 Å². The molecule has 4 heterocycles. The molecule has 0 radical (unpaired) electrons. The molecule has 2 aliphatic rings. The van der Waals surface area contributed by atoms with Crippen molar-refractivity contribution in [1.82, 2.24) is 4.98 Å². The number of anilines is 3. The van der Waals surface area contributed by atoms with Crippen molar-refractivity contribution >= 4 is 51.0 Å². The van der Waals surface area contributed by atoms with Crippen molar-refractivity contribution in [3.8, 4) is 10.6 Å². The lowest BCUT2D eigenvalue weighted by molar-refractivity contribution is -0.122. The lowest BCUT2D eigenvalue weighted by Gasteiger charge is -2.20. The topological polar surface area (TPSA) is 65.5 Å². The number of thiazole rings is 1. The van der Waals surface area contributed by atoms with Gasteiger partial charge in [-0.15, -0.1) is 22.7 Å². The Bertz CT molecular complexity index is 1040. The Morgan fingerprint density at radius 3 is 2.57 bits per heavy atom. The Kier molecular flexibility index (Phi) is 5.26. The molecule has 3 aromatic rings. The van der Waals surface area contributed by atoms with E-state index in [1.807, 2.05) is 35.0 Å². The fourth-order valence-corrected chi connectivity index (χ4v) is 5.50. The summed E-state index contributed by atoms with van der Waals surface area (Å²) in [6.45, 7) is 2.58. The minimum Gasteiger partial charge on any atom is -0.372 e. The summed E-state index contributed by atoms with van der Waals surface area (Å²) in [5.41, 5.74) is 2.92. The molecule has 2 saturated heterocycles. The van der Waals surface area contributed by atoms with E-state index in [1.54, 1.807) is 16.2 Å². The van der Waals surface area contributed by atoms with E-state index < -0.39 is 0 Å². The van der Waals surface area contributed by atoms with Crippen molar-refractivity contribution in [1.29, 1.82) is 0 Å². The zero-order chi connectivity index (χ0) is 20.5. The molecular formula is C22H22N4O2S2. The van der Waals surface area contributed by atoms with E-state index in [0.717, 1.165) is 29.3 Å². The fourth-order valence-electron chi connectivity index (χ4n) is 4.03. The molecule has 2 aromatic heterocycles. The van der Waals surface area contributed by atoms with Gasteiger partial charge in [0.1, 0.15) is 0 Å². The molecule has 0 saturated carbocycles. The number of aromatic nitrogens is 1. The van der Waals surface area contributed by atoms with Crippen LogP contribution in [-0.4, -0.2) is 36.4 Å². The van der Waals surface area contributed by atoms with Crippen molar-refractivity contribution < 1.29 is 9.59 Å². The van der Waals surface area contributed by atoms with Crippen molar-refractivity contribution in [2.24, 2.45) is 5.92 Å². The summed E-state index contributed by atoms with van der Waals surface area (Å²) in [6.07, 6.45) is 2.69. The Morgan fingerprint density at radius 1 is 1.07 bits per heavy atom. The minimum atomic E-state index is -0.371. The maximum Gasteiger partial charge on any atom is 0.231 e. The van der Waals surface area contributed by atoms with E-state index in [4.69, 9.17) is 0 Å². The number of amides is 2. The van der Waals surface area contributed by atoms with Gasteiger partial charge in [-0.1, -0.05) is 6.07 Å². The molecule has 0 spiro atoms. The number of nitrogens with one attached hydrogen (secondary N) is 1. The second kappa shape index (κ2) is 8.20. The number of carbonyl (C=O) groups excluding carboxylic acids is 2. The van der Waals surface area contributed by atoms with Crippen LogP contribution in [0.4, 0.5) is 16.5 Å². The molecule has 1 aromatic carbocycles. The number of rotatable bonds is 5. The Morgan fingerprint density at radius 2 is 1.83 bits per heavy atom. The highest BCUT2D eigenvalue weighted by atomic mass is 32.1. The quantitative estimate of drug-likeness (QED) is 0.639. The summed E-state index contributed by atoms with van der Waals surface area (Å²) in [6, 6.07) is 12.1. The number of thiophene rings is 1. The molecular weight excluding hydrogens is 416 g/mol. The highest BCUT2D eigenvalue weighted by Gasteiger charge is 2.35. The number of carbonyl (C=O) groups is 2. The van der Waals surface area contributed by atoms with E-state index >= 15 is 0 Å². The third-order valence-electron chi connectivity index (χ3n) is 5.64. The monoisotopic (exact) mass is 438 g/mol. The van der Waals surface area contributed by atoms with Crippen LogP contribution in [0.15, 0.2) is 47.2 Å². The van der Waals surface area contributed by atoms with Crippen LogP contribution in [0.25, 0.3) is 10.6 Å². The molecule has 0 aliphatic carbocycles. The standard InChI is InChI=1S/C22H22N4O2S2/c27-20-12-15(21(28)24-22-23-18(14-30-22)19-4-3-11-29-19)13-26(20)17-7-5-16(6-8-17)25-9-1-2-10-25/h3-8,11,14-15H,1-2,9-10,12-13H2,(H,23,24,28). The average molecular weight is 439 g/mol. The van der Waals surface area contributed by atoms with Crippen molar-refractivity contribution in [3.05, 3.63) is 47.2 Å². The SMILES string of the molecule is O=C(Nc1nc(-c2cccs2)cs1)C1CC(=O)N(c2ccc(N3CCCC3)cc2)C1. The Hall–Kier alpha value is -2.71. The minimum absolute atomic E-state index is 0.0116. The smallest absolute Gasteiger partial charge is 0.231 e. The Labute approximate surface area is 183 Å². The van der Waals surface area contributed by atoms with Crippen LogP contribution < -0.4 is 15.1 Å². The van der Waals surface area contributed by atoms with E-state index in [2.05, 4.69) is 27.3 Å². The van der Waals surface area contributed by atoms with Crippen LogP contribution in [0, 0.1) is 5.92 Å². The van der Waals surface area contributed by atoms with Gasteiger partial charge >= 0.3 is 0 Å². The molecule has 1 atom stereocenters. The number of hydrogen-bond donors (Lipinski definition) is 1. The number of nitrogens with zero attached hydrogens (tertiary/aromatic N) is 3. The van der Waals surface area contributed by atoms with Crippen LogP contribution in [0.2, 0.25) is 0 Å². The van der Waals surface area contributed by atoms with Gasteiger partial charge in [-0.25, -0.2) is 4.98 Å². The van der Waals surface area contributed by atoms with E-state index in [0.29, 0.717) is 11.7 Å². The molecule has 6 nitrogen and oxygen atoms in total. The van der Waals surface area contributed by atoms with Crippen LogP contribution in [-0.2, 0) is 9.59 Å². The van der Waals surface area contributed by atoms with Crippen LogP contribution >= 0.6 is 22.7 Å². The van der Waals surface area contributed by atoms with Gasteiger partial charge < -0.3 is 15.1 Å². The summed E-state index contributed by atoms with van der Waals surface area (Å²) in [5.74, 6) is -0.529. The van der Waals surface area contributed by atoms with Gasteiger partial charge in [-0.2, -0.15) is 0 Å². The van der Waals surface area contributed by atoms with Gasteiger partial charge in [0.15, 0.2) is 5.13 Å². The zero-order valence-corrected chi connectivity index (χ0v) is 18.0. The first-order valence-electron chi connectivity index (χ1n) is 10.1. The van der Waals surface area contributed by atoms with E-state index in [-0.39, 0.29) is 24.2 Å². The van der Waals surface area contributed by atoms with Gasteiger partial charge in [0, 0.05) is 42.8 Å². The first-order valence-corrected chi connectivity index (χ1v) is 11.9. The molecule has 154 valence electrons. The van der Waals surface area contributed by atoms with E-state index in [9.17, 15) is 9.59 Å². The maximum absolute atomic E-state index is 12.7. The number of hydrogen-bond acceptors (Lipinski definition) is 6. The normalized spacial score (nSPS) is 18.9. The molecule has 1 N–H and O–H groups in total. The highest BCUT2D eigenvalue weighted by molar-refractivity contribution is 7.16. The van der Waals surface area contributed by atoms with Gasteiger partial charge in [-0.05, 0) is 48.6 Å². The molecule has 1 unspecified atom stereocenters. The molecule has 8 heteroatoms. The van der Waals surface area contributed by atoms with Crippen molar-refractivity contribution in [2.75, 3.05) is 34.8 Å². The second-order valence-electron chi connectivity index (χ2n) is 7.62. The summed E-state index contributed by atoms with van der Waals surface area (Å²) < 4.78 is 0. The van der Waals surface area contributed by atoms with Crippen LogP contribution in [0.1, 0.15) is 19.3 Å². The summed E-state index contributed by atoms with van der Waals surface area (Å²) in [5, 5.41) is 7.41. The maximum atomic E-state index is 12.7. The molecule has 2 fully saturated rings. The lowest BCUT2D eigenvalue weighted by atomic mass is 10.1. The summed E-state index contributed by atoms with van der Waals surface area (Å²) in [7, 11) is 0. The molecule has 2 amide bonds. The Balaban J connectivity index is 1.23. The molecule has 0 bridgehead atoms.